The number of nitrogens with zero attached hydrogens (tertiary/aromatic N) is 6. The number of amides is 1. The molecule has 0 unspecified atom stereocenters. The van der Waals surface area contributed by atoms with Gasteiger partial charge in [0, 0.05) is 45.0 Å². The zero-order chi connectivity index (χ0) is 26.4. The highest BCUT2D eigenvalue weighted by Crippen LogP contribution is 2.32. The number of carbonyl (C=O) groups excluding carboxylic acids is 1. The number of ether oxygens (including phenoxy) is 3. The van der Waals surface area contributed by atoms with Gasteiger partial charge in [-0.1, -0.05) is 11.8 Å². The summed E-state index contributed by atoms with van der Waals surface area (Å²) in [6.07, 6.45) is 2.22. The fraction of sp³-hybridized carbons (Fsp3) is 0.560. The van der Waals surface area contributed by atoms with Crippen LogP contribution in [0.15, 0.2) is 22.5 Å². The standard InChI is InChI=1S/C25H32N8O4S2/c34-21(26-15-18-2-1-9-37-18)16-38-25-28-19-4-3-17(14-20(19)39-25)27-22-29-23(32-5-10-35-11-6-32)31-24(30-22)33-7-12-36-13-8-33/h3-4,14,18H,1-2,5-13,15-16H2,(H,26,34)(H,27,29,30,31)/t18-/m0/s1. The van der Waals surface area contributed by atoms with Crippen LogP contribution in [0.1, 0.15) is 12.8 Å². The maximum absolute atomic E-state index is 12.3. The molecular weight excluding hydrogens is 540 g/mol. The maximum Gasteiger partial charge on any atom is 0.233 e. The average molecular weight is 573 g/mol. The van der Waals surface area contributed by atoms with Gasteiger partial charge in [0.05, 0.1) is 48.5 Å². The van der Waals surface area contributed by atoms with E-state index >= 15 is 0 Å². The summed E-state index contributed by atoms with van der Waals surface area (Å²) >= 11 is 3.02. The molecule has 3 aromatic rings. The fourth-order valence-electron chi connectivity index (χ4n) is 4.60. The van der Waals surface area contributed by atoms with Crippen molar-refractivity contribution >= 4 is 62.8 Å². The number of thioether (sulfide) groups is 1. The van der Waals surface area contributed by atoms with Crippen molar-refractivity contribution in [2.24, 2.45) is 0 Å². The molecule has 1 atom stereocenters. The lowest BCUT2D eigenvalue weighted by Crippen LogP contribution is -2.40. The molecule has 6 rings (SSSR count). The molecule has 5 heterocycles. The molecule has 3 aliphatic heterocycles. The monoisotopic (exact) mass is 572 g/mol. The smallest absolute Gasteiger partial charge is 0.233 e. The minimum Gasteiger partial charge on any atom is -0.378 e. The number of hydrogen-bond donors (Lipinski definition) is 2. The van der Waals surface area contributed by atoms with Gasteiger partial charge in [0.25, 0.3) is 0 Å². The quantitative estimate of drug-likeness (QED) is 0.365. The summed E-state index contributed by atoms with van der Waals surface area (Å²) in [4.78, 5) is 35.5. The van der Waals surface area contributed by atoms with E-state index in [2.05, 4.69) is 20.4 Å². The highest BCUT2D eigenvalue weighted by molar-refractivity contribution is 8.01. The van der Waals surface area contributed by atoms with Gasteiger partial charge in [-0.05, 0) is 31.0 Å². The Kier molecular flexibility index (Phi) is 8.54. The molecule has 2 aromatic heterocycles. The number of morpholine rings is 2. The first-order valence-corrected chi connectivity index (χ1v) is 15.1. The lowest BCUT2D eigenvalue weighted by atomic mass is 10.2. The molecule has 0 saturated carbocycles. The van der Waals surface area contributed by atoms with E-state index in [1.54, 1.807) is 11.3 Å². The first-order valence-electron chi connectivity index (χ1n) is 13.3. The molecule has 2 N–H and O–H groups in total. The second kappa shape index (κ2) is 12.6. The first kappa shape index (κ1) is 26.4. The molecule has 0 spiro atoms. The van der Waals surface area contributed by atoms with Gasteiger partial charge >= 0.3 is 0 Å². The molecule has 0 radical (unpaired) electrons. The van der Waals surface area contributed by atoms with Crippen molar-refractivity contribution in [1.29, 1.82) is 0 Å². The van der Waals surface area contributed by atoms with Crippen LogP contribution in [0.2, 0.25) is 0 Å². The normalized spacial score (nSPS) is 19.9. The van der Waals surface area contributed by atoms with Crippen molar-refractivity contribution in [2.75, 3.05) is 86.6 Å². The maximum atomic E-state index is 12.3. The molecule has 14 heteroatoms. The summed E-state index contributed by atoms with van der Waals surface area (Å²) in [5, 5.41) is 6.34. The number of carbonyl (C=O) groups is 1. The third-order valence-corrected chi connectivity index (χ3v) is 8.86. The van der Waals surface area contributed by atoms with Gasteiger partial charge in [0.1, 0.15) is 0 Å². The van der Waals surface area contributed by atoms with E-state index in [0.29, 0.717) is 56.6 Å². The molecule has 1 amide bonds. The number of anilines is 4. The summed E-state index contributed by atoms with van der Waals surface area (Å²) in [5.74, 6) is 2.12. The Morgan fingerprint density at radius 3 is 2.36 bits per heavy atom. The van der Waals surface area contributed by atoms with Gasteiger partial charge in [-0.15, -0.1) is 11.3 Å². The van der Waals surface area contributed by atoms with Crippen LogP contribution in [0.5, 0.6) is 0 Å². The summed E-state index contributed by atoms with van der Waals surface area (Å²) in [5.41, 5.74) is 1.76. The van der Waals surface area contributed by atoms with Gasteiger partial charge in [0.15, 0.2) is 4.34 Å². The highest BCUT2D eigenvalue weighted by atomic mass is 32.2. The highest BCUT2D eigenvalue weighted by Gasteiger charge is 2.21. The lowest BCUT2D eigenvalue weighted by molar-refractivity contribution is -0.119. The first-order chi connectivity index (χ1) is 19.2. The zero-order valence-corrected chi connectivity index (χ0v) is 23.3. The molecule has 39 heavy (non-hydrogen) atoms. The van der Waals surface area contributed by atoms with Gasteiger partial charge in [0.2, 0.25) is 23.8 Å². The third kappa shape index (κ3) is 6.87. The van der Waals surface area contributed by atoms with E-state index in [4.69, 9.17) is 34.1 Å². The van der Waals surface area contributed by atoms with Crippen LogP contribution in [0.4, 0.5) is 23.5 Å². The van der Waals surface area contributed by atoms with Crippen molar-refractivity contribution in [3.05, 3.63) is 18.2 Å². The SMILES string of the molecule is O=C(CSc1nc2ccc(Nc3nc(N4CCOCC4)nc(N4CCOCC4)n3)cc2s1)NC[C@@H]1CCCO1. The summed E-state index contributed by atoms with van der Waals surface area (Å²) in [6, 6.07) is 5.99. The molecule has 12 nitrogen and oxygen atoms in total. The minimum absolute atomic E-state index is 0.000841. The van der Waals surface area contributed by atoms with E-state index in [1.165, 1.54) is 11.8 Å². The molecule has 3 saturated heterocycles. The van der Waals surface area contributed by atoms with Crippen LogP contribution in [0.3, 0.4) is 0 Å². The van der Waals surface area contributed by atoms with Gasteiger partial charge in [-0.3, -0.25) is 4.79 Å². The van der Waals surface area contributed by atoms with Crippen molar-refractivity contribution in [3.8, 4) is 0 Å². The Morgan fingerprint density at radius 2 is 1.69 bits per heavy atom. The largest absolute Gasteiger partial charge is 0.378 e. The van der Waals surface area contributed by atoms with Crippen molar-refractivity contribution in [3.63, 3.8) is 0 Å². The molecular formula is C25H32N8O4S2. The molecule has 3 aliphatic rings. The number of benzene rings is 1. The van der Waals surface area contributed by atoms with Crippen molar-refractivity contribution < 1.29 is 19.0 Å². The third-order valence-electron chi connectivity index (χ3n) is 6.70. The van der Waals surface area contributed by atoms with Crippen LogP contribution in [-0.4, -0.2) is 103 Å². The summed E-state index contributed by atoms with van der Waals surface area (Å²) < 4.78 is 18.5. The van der Waals surface area contributed by atoms with Crippen LogP contribution in [-0.2, 0) is 19.0 Å². The molecule has 3 fully saturated rings. The number of thiazole rings is 1. The number of aromatic nitrogens is 4. The van der Waals surface area contributed by atoms with Crippen molar-refractivity contribution in [1.82, 2.24) is 25.3 Å². The Bertz CT molecular complexity index is 1240. The second-order valence-electron chi connectivity index (χ2n) is 9.47. The van der Waals surface area contributed by atoms with E-state index in [1.807, 2.05) is 18.2 Å². The second-order valence-corrected chi connectivity index (χ2v) is 11.7. The number of rotatable bonds is 9. The predicted octanol–water partition coefficient (Wildman–Crippen LogP) is 2.29. The zero-order valence-electron chi connectivity index (χ0n) is 21.6. The summed E-state index contributed by atoms with van der Waals surface area (Å²) in [6.45, 7) is 6.94. The Balaban J connectivity index is 1.13. The Labute approximate surface area is 234 Å². The van der Waals surface area contributed by atoms with Crippen LogP contribution in [0, 0.1) is 0 Å². The van der Waals surface area contributed by atoms with Gasteiger partial charge in [-0.2, -0.15) is 15.0 Å². The minimum atomic E-state index is -0.000841. The Morgan fingerprint density at radius 1 is 0.974 bits per heavy atom. The lowest BCUT2D eigenvalue weighted by Gasteiger charge is -2.30. The van der Waals surface area contributed by atoms with E-state index in [-0.39, 0.29) is 12.0 Å². The van der Waals surface area contributed by atoms with Crippen LogP contribution in [0.25, 0.3) is 10.2 Å². The average Bonchev–Trinajstić information content (AvgIpc) is 3.65. The summed E-state index contributed by atoms with van der Waals surface area (Å²) in [7, 11) is 0. The van der Waals surface area contributed by atoms with Gasteiger partial charge in [-0.25, -0.2) is 4.98 Å². The molecule has 0 bridgehead atoms. The van der Waals surface area contributed by atoms with E-state index in [9.17, 15) is 4.79 Å². The fourth-order valence-corrected chi connectivity index (χ4v) is 6.54. The Hall–Kier alpha value is -2.78. The predicted molar refractivity (Wildman–Crippen MR) is 152 cm³/mol. The van der Waals surface area contributed by atoms with E-state index in [0.717, 1.165) is 65.9 Å². The number of nitrogens with one attached hydrogen (secondary N) is 2. The van der Waals surface area contributed by atoms with Crippen LogP contribution >= 0.6 is 23.1 Å². The van der Waals surface area contributed by atoms with Gasteiger partial charge < -0.3 is 34.6 Å². The molecule has 1 aromatic carbocycles. The van der Waals surface area contributed by atoms with Crippen LogP contribution < -0.4 is 20.4 Å². The van der Waals surface area contributed by atoms with Crippen molar-refractivity contribution in [2.45, 2.75) is 23.3 Å². The number of hydrogen-bond acceptors (Lipinski definition) is 13. The molecule has 208 valence electrons. The topological polar surface area (TPSA) is 127 Å². The van der Waals surface area contributed by atoms with E-state index < -0.39 is 0 Å². The number of fused-ring (bicyclic) bond motifs is 1. The molecule has 0 aliphatic carbocycles.